The highest BCUT2D eigenvalue weighted by atomic mass is 32.1. The standard InChI is InChI=1S/C32H30N2O5S2/c1-16-11-18(12-17(2)28(16)35)25-21-7-8-22-26(31(38)33(29(22)36)14-19-5-3-9-40-19)23(21)13-24-27(25)32(39)34(30(24)37)15-20-6-4-10-41-20/h3-7,9-12,22-27,35H,8,13-15H2,1-2H3/t22-,23+,24+,25-,26-,27+/m0/s1. The first-order chi connectivity index (χ1) is 19.7. The Labute approximate surface area is 246 Å². The number of phenols is 1. The van der Waals surface area contributed by atoms with E-state index in [4.69, 9.17) is 0 Å². The summed E-state index contributed by atoms with van der Waals surface area (Å²) in [6, 6.07) is 11.5. The van der Waals surface area contributed by atoms with Crippen molar-refractivity contribution in [3.05, 3.63) is 85.3 Å². The Kier molecular flexibility index (Phi) is 6.28. The van der Waals surface area contributed by atoms with Gasteiger partial charge < -0.3 is 5.11 Å². The van der Waals surface area contributed by atoms with Crippen molar-refractivity contribution in [2.75, 3.05) is 0 Å². The third-order valence-corrected chi connectivity index (χ3v) is 11.2. The van der Waals surface area contributed by atoms with Crippen LogP contribution in [0.2, 0.25) is 0 Å². The molecule has 2 aliphatic carbocycles. The number of phenolic OH excluding ortho intramolecular Hbond substituents is 1. The third-order valence-electron chi connectivity index (χ3n) is 9.49. The summed E-state index contributed by atoms with van der Waals surface area (Å²) in [6.45, 7) is 4.18. The van der Waals surface area contributed by atoms with Gasteiger partial charge in [0, 0.05) is 15.7 Å². The monoisotopic (exact) mass is 586 g/mol. The van der Waals surface area contributed by atoms with Crippen LogP contribution in [0.1, 0.15) is 45.2 Å². The van der Waals surface area contributed by atoms with Crippen LogP contribution in [0.15, 0.2) is 58.8 Å². The summed E-state index contributed by atoms with van der Waals surface area (Å²) in [5.41, 5.74) is 3.26. The van der Waals surface area contributed by atoms with Gasteiger partial charge in [0.05, 0.1) is 36.8 Å². The molecule has 1 saturated carbocycles. The Morgan fingerprint density at radius 1 is 0.780 bits per heavy atom. The van der Waals surface area contributed by atoms with Crippen molar-refractivity contribution in [3.63, 3.8) is 0 Å². The van der Waals surface area contributed by atoms with Gasteiger partial charge in [-0.2, -0.15) is 0 Å². The van der Waals surface area contributed by atoms with E-state index in [1.54, 1.807) is 0 Å². The fraction of sp³-hybridized carbons (Fsp3) is 0.375. The first-order valence-corrected chi connectivity index (χ1v) is 15.8. The van der Waals surface area contributed by atoms with E-state index < -0.39 is 29.6 Å². The van der Waals surface area contributed by atoms with E-state index in [1.807, 2.05) is 61.0 Å². The number of hydrogen-bond acceptors (Lipinski definition) is 7. The predicted octanol–water partition coefficient (Wildman–Crippen LogP) is 5.17. The summed E-state index contributed by atoms with van der Waals surface area (Å²) in [7, 11) is 0. The van der Waals surface area contributed by atoms with E-state index in [9.17, 15) is 24.3 Å². The molecular formula is C32H30N2O5S2. The largest absolute Gasteiger partial charge is 0.507 e. The number of hydrogen-bond donors (Lipinski definition) is 1. The Morgan fingerprint density at radius 3 is 1.90 bits per heavy atom. The lowest BCUT2D eigenvalue weighted by molar-refractivity contribution is -0.142. The van der Waals surface area contributed by atoms with Crippen LogP contribution in [0.3, 0.4) is 0 Å². The number of aryl methyl sites for hydroxylation is 2. The van der Waals surface area contributed by atoms with Crippen molar-refractivity contribution in [1.82, 2.24) is 9.80 Å². The molecule has 0 unspecified atom stereocenters. The van der Waals surface area contributed by atoms with E-state index in [1.165, 1.54) is 32.5 Å². The first-order valence-electron chi connectivity index (χ1n) is 14.0. The Hall–Kier alpha value is -3.56. The molecule has 4 aliphatic rings. The number of likely N-dealkylation sites (tertiary alicyclic amines) is 2. The fourth-order valence-corrected chi connectivity index (χ4v) is 9.08. The molecule has 0 spiro atoms. The van der Waals surface area contributed by atoms with Gasteiger partial charge in [0.2, 0.25) is 23.6 Å². The quantitative estimate of drug-likeness (QED) is 0.329. The minimum atomic E-state index is -0.584. The lowest BCUT2D eigenvalue weighted by Gasteiger charge is -2.44. The molecule has 2 saturated heterocycles. The molecule has 210 valence electrons. The Balaban J connectivity index is 1.31. The maximum Gasteiger partial charge on any atom is 0.234 e. The normalized spacial score (nSPS) is 29.1. The molecule has 41 heavy (non-hydrogen) atoms. The SMILES string of the molecule is Cc1cc([C@H]2C3=CC[C@@H]4C(=O)N(Cc5cccs5)C(=O)[C@@H]4[C@@H]3C[C@H]3C(=O)N(Cc4cccs4)C(=O)[C@@H]23)cc(C)c1O. The average molecular weight is 587 g/mol. The number of imide groups is 2. The number of nitrogens with zero attached hydrogens (tertiary/aromatic N) is 2. The van der Waals surface area contributed by atoms with Crippen molar-refractivity contribution in [2.24, 2.45) is 29.6 Å². The van der Waals surface area contributed by atoms with E-state index in [0.29, 0.717) is 24.0 Å². The summed E-state index contributed by atoms with van der Waals surface area (Å²) in [5, 5.41) is 14.4. The average Bonchev–Trinajstić information content (AvgIpc) is 3.75. The lowest BCUT2D eigenvalue weighted by Crippen LogP contribution is -2.43. The van der Waals surface area contributed by atoms with Gasteiger partial charge in [-0.1, -0.05) is 35.9 Å². The number of aromatic hydroxyl groups is 1. The molecule has 7 rings (SSSR count). The van der Waals surface area contributed by atoms with Gasteiger partial charge in [-0.3, -0.25) is 29.0 Å². The molecule has 2 aliphatic heterocycles. The fourth-order valence-electron chi connectivity index (χ4n) is 7.69. The predicted molar refractivity (Wildman–Crippen MR) is 155 cm³/mol. The van der Waals surface area contributed by atoms with Crippen molar-refractivity contribution >= 4 is 46.3 Å². The Morgan fingerprint density at radius 2 is 1.34 bits per heavy atom. The van der Waals surface area contributed by atoms with Crippen LogP contribution in [0.4, 0.5) is 0 Å². The third kappa shape index (κ3) is 4.04. The minimum Gasteiger partial charge on any atom is -0.507 e. The van der Waals surface area contributed by atoms with E-state index >= 15 is 0 Å². The van der Waals surface area contributed by atoms with Gasteiger partial charge in [0.15, 0.2) is 0 Å². The molecule has 2 aromatic heterocycles. The summed E-state index contributed by atoms with van der Waals surface area (Å²) in [6.07, 6.45) is 2.89. The van der Waals surface area contributed by atoms with Gasteiger partial charge in [0.1, 0.15) is 5.75 Å². The number of benzene rings is 1. The number of rotatable bonds is 5. The number of fused-ring (bicyclic) bond motifs is 4. The summed E-state index contributed by atoms with van der Waals surface area (Å²) >= 11 is 3.03. The van der Waals surface area contributed by atoms with Crippen LogP contribution < -0.4 is 0 Å². The molecule has 6 atom stereocenters. The summed E-state index contributed by atoms with van der Waals surface area (Å²) in [5.74, 6) is -3.35. The van der Waals surface area contributed by atoms with Crippen molar-refractivity contribution < 1.29 is 24.3 Å². The second-order valence-electron chi connectivity index (χ2n) is 11.7. The van der Waals surface area contributed by atoms with Gasteiger partial charge in [0.25, 0.3) is 0 Å². The minimum absolute atomic E-state index is 0.146. The van der Waals surface area contributed by atoms with Crippen molar-refractivity contribution in [1.29, 1.82) is 0 Å². The number of carbonyl (C=O) groups is 4. The van der Waals surface area contributed by atoms with Gasteiger partial charge in [-0.25, -0.2) is 0 Å². The maximum atomic E-state index is 14.1. The molecule has 4 amide bonds. The maximum absolute atomic E-state index is 14.1. The molecule has 1 aromatic carbocycles. The highest BCUT2D eigenvalue weighted by Gasteiger charge is 2.61. The van der Waals surface area contributed by atoms with Crippen LogP contribution in [0.5, 0.6) is 5.75 Å². The highest BCUT2D eigenvalue weighted by molar-refractivity contribution is 7.10. The van der Waals surface area contributed by atoms with Gasteiger partial charge in [-0.05, 0) is 72.2 Å². The van der Waals surface area contributed by atoms with Crippen molar-refractivity contribution in [2.45, 2.75) is 45.7 Å². The topological polar surface area (TPSA) is 95.0 Å². The summed E-state index contributed by atoms with van der Waals surface area (Å²) < 4.78 is 0. The zero-order valence-corrected chi connectivity index (χ0v) is 24.4. The smallest absolute Gasteiger partial charge is 0.234 e. The number of carbonyl (C=O) groups excluding carboxylic acids is 4. The van der Waals surface area contributed by atoms with Crippen LogP contribution in [-0.2, 0) is 32.3 Å². The van der Waals surface area contributed by atoms with Crippen molar-refractivity contribution in [3.8, 4) is 5.75 Å². The van der Waals surface area contributed by atoms with E-state index in [2.05, 4.69) is 6.08 Å². The number of amides is 4. The molecule has 4 heterocycles. The zero-order chi connectivity index (χ0) is 28.6. The number of allylic oxidation sites excluding steroid dienone is 2. The van der Waals surface area contributed by atoms with Crippen LogP contribution >= 0.6 is 22.7 Å². The van der Waals surface area contributed by atoms with Gasteiger partial charge in [-0.15, -0.1) is 22.7 Å². The second kappa shape index (κ2) is 9.77. The molecule has 9 heteroatoms. The molecule has 0 bridgehead atoms. The first kappa shape index (κ1) is 26.3. The van der Waals surface area contributed by atoms with E-state index in [0.717, 1.165) is 20.9 Å². The van der Waals surface area contributed by atoms with Crippen LogP contribution in [0, 0.1) is 43.4 Å². The molecule has 3 fully saturated rings. The number of thiophene rings is 2. The van der Waals surface area contributed by atoms with Crippen LogP contribution in [-0.4, -0.2) is 38.5 Å². The second-order valence-corrected chi connectivity index (χ2v) is 13.8. The molecule has 0 radical (unpaired) electrons. The van der Waals surface area contributed by atoms with Gasteiger partial charge >= 0.3 is 0 Å². The molecule has 3 aromatic rings. The Bertz CT molecular complexity index is 1590. The van der Waals surface area contributed by atoms with Crippen LogP contribution in [0.25, 0.3) is 0 Å². The zero-order valence-electron chi connectivity index (χ0n) is 22.8. The summed E-state index contributed by atoms with van der Waals surface area (Å²) in [4.78, 5) is 60.1. The lowest BCUT2D eigenvalue weighted by atomic mass is 9.57. The van der Waals surface area contributed by atoms with E-state index in [-0.39, 0.29) is 48.4 Å². The molecule has 1 N–H and O–H groups in total. The molecule has 7 nitrogen and oxygen atoms in total. The molecular weight excluding hydrogens is 556 g/mol. The highest BCUT2D eigenvalue weighted by Crippen LogP contribution is 2.58.